The van der Waals surface area contributed by atoms with Crippen molar-refractivity contribution in [3.8, 4) is 0 Å². The van der Waals surface area contributed by atoms with Crippen molar-refractivity contribution < 1.29 is 14.3 Å². The minimum absolute atomic E-state index is 0.415. The van der Waals surface area contributed by atoms with Crippen molar-refractivity contribution in [3.05, 3.63) is 70.8 Å². The average molecular weight is 344 g/mol. The van der Waals surface area contributed by atoms with Crippen LogP contribution in [0.15, 0.2) is 54.6 Å². The molecular formula is C19H18ClNO3. The summed E-state index contributed by atoms with van der Waals surface area (Å²) >= 11 is 6.01. The molecule has 24 heavy (non-hydrogen) atoms. The van der Waals surface area contributed by atoms with Crippen molar-refractivity contribution in [2.75, 3.05) is 5.32 Å². The van der Waals surface area contributed by atoms with Gasteiger partial charge in [0.05, 0.1) is 0 Å². The first-order chi connectivity index (χ1) is 11.5. The molecule has 5 heteroatoms. The molecule has 1 N–H and O–H groups in total. The molecule has 0 fully saturated rings. The van der Waals surface area contributed by atoms with Gasteiger partial charge in [0.15, 0.2) is 6.10 Å². The molecule has 2 aromatic rings. The molecular weight excluding hydrogens is 326 g/mol. The summed E-state index contributed by atoms with van der Waals surface area (Å²) in [6.45, 7) is 3.32. The van der Waals surface area contributed by atoms with Crippen LogP contribution in [0.25, 0.3) is 6.08 Å². The van der Waals surface area contributed by atoms with Crippen LogP contribution in [0.4, 0.5) is 5.69 Å². The second-order valence-corrected chi connectivity index (χ2v) is 5.63. The van der Waals surface area contributed by atoms with E-state index >= 15 is 0 Å². The van der Waals surface area contributed by atoms with E-state index in [-0.39, 0.29) is 0 Å². The summed E-state index contributed by atoms with van der Waals surface area (Å²) in [5.74, 6) is -0.994. The molecule has 2 aromatic carbocycles. The van der Waals surface area contributed by atoms with Crippen LogP contribution in [-0.2, 0) is 14.3 Å². The SMILES string of the molecule is Cc1c(Cl)cccc1NC(=O)[C@@H](C)OC(=O)/C=C/c1ccccc1. The highest BCUT2D eigenvalue weighted by Crippen LogP contribution is 2.23. The van der Waals surface area contributed by atoms with Crippen molar-refractivity contribution in [2.45, 2.75) is 20.0 Å². The van der Waals surface area contributed by atoms with Crippen LogP contribution in [-0.4, -0.2) is 18.0 Å². The van der Waals surface area contributed by atoms with Crippen molar-refractivity contribution in [1.82, 2.24) is 0 Å². The minimum Gasteiger partial charge on any atom is -0.449 e. The number of benzene rings is 2. The third-order valence-corrected chi connectivity index (χ3v) is 3.81. The van der Waals surface area contributed by atoms with E-state index in [2.05, 4.69) is 5.32 Å². The zero-order valence-corrected chi connectivity index (χ0v) is 14.2. The van der Waals surface area contributed by atoms with Crippen molar-refractivity contribution in [3.63, 3.8) is 0 Å². The average Bonchev–Trinajstić information content (AvgIpc) is 2.58. The minimum atomic E-state index is -0.920. The van der Waals surface area contributed by atoms with Crippen molar-refractivity contribution >= 4 is 35.2 Å². The lowest BCUT2D eigenvalue weighted by molar-refractivity contribution is -0.148. The highest BCUT2D eigenvalue weighted by Gasteiger charge is 2.17. The number of amides is 1. The monoisotopic (exact) mass is 343 g/mol. The topological polar surface area (TPSA) is 55.4 Å². The van der Waals surface area contributed by atoms with Crippen LogP contribution in [0.5, 0.6) is 0 Å². The second-order valence-electron chi connectivity index (χ2n) is 5.22. The van der Waals surface area contributed by atoms with Crippen LogP contribution < -0.4 is 5.32 Å². The maximum absolute atomic E-state index is 12.1. The van der Waals surface area contributed by atoms with Crippen molar-refractivity contribution in [2.24, 2.45) is 0 Å². The number of halogens is 1. The van der Waals surface area contributed by atoms with E-state index < -0.39 is 18.0 Å². The Labute approximate surface area is 146 Å². The Morgan fingerprint density at radius 1 is 1.12 bits per heavy atom. The first-order valence-corrected chi connectivity index (χ1v) is 7.85. The quantitative estimate of drug-likeness (QED) is 0.652. The van der Waals surface area contributed by atoms with Crippen LogP contribution >= 0.6 is 11.6 Å². The van der Waals surface area contributed by atoms with Gasteiger partial charge in [-0.3, -0.25) is 4.79 Å². The molecule has 2 rings (SSSR count). The molecule has 0 saturated carbocycles. The van der Waals surface area contributed by atoms with Gasteiger partial charge in [-0.05, 0) is 43.2 Å². The lowest BCUT2D eigenvalue weighted by atomic mass is 10.2. The van der Waals surface area contributed by atoms with E-state index in [1.165, 1.54) is 13.0 Å². The van der Waals surface area contributed by atoms with Gasteiger partial charge in [0, 0.05) is 16.8 Å². The molecule has 0 aliphatic heterocycles. The zero-order valence-electron chi connectivity index (χ0n) is 13.5. The summed E-state index contributed by atoms with van der Waals surface area (Å²) in [6, 6.07) is 14.6. The summed E-state index contributed by atoms with van der Waals surface area (Å²) < 4.78 is 5.11. The Morgan fingerprint density at radius 3 is 2.54 bits per heavy atom. The zero-order chi connectivity index (χ0) is 17.5. The number of carbonyl (C=O) groups is 2. The maximum Gasteiger partial charge on any atom is 0.331 e. The smallest absolute Gasteiger partial charge is 0.331 e. The second kappa shape index (κ2) is 8.31. The van der Waals surface area contributed by atoms with E-state index in [0.717, 1.165) is 11.1 Å². The third-order valence-electron chi connectivity index (χ3n) is 3.40. The first kappa shape index (κ1) is 17.8. The van der Waals surface area contributed by atoms with Gasteiger partial charge in [-0.15, -0.1) is 0 Å². The Hall–Kier alpha value is -2.59. The van der Waals surface area contributed by atoms with E-state index in [1.807, 2.05) is 30.3 Å². The molecule has 0 unspecified atom stereocenters. The van der Waals surface area contributed by atoms with Crippen LogP contribution in [0.1, 0.15) is 18.1 Å². The molecule has 1 atom stereocenters. The number of anilines is 1. The Balaban J connectivity index is 1.92. The van der Waals surface area contributed by atoms with Crippen LogP contribution in [0.3, 0.4) is 0 Å². The number of ether oxygens (including phenoxy) is 1. The van der Waals surface area contributed by atoms with Crippen LogP contribution in [0.2, 0.25) is 5.02 Å². The fraction of sp³-hybridized carbons (Fsp3) is 0.158. The molecule has 0 aliphatic carbocycles. The van der Waals surface area contributed by atoms with Gasteiger partial charge in [0.1, 0.15) is 0 Å². The summed E-state index contributed by atoms with van der Waals surface area (Å²) in [7, 11) is 0. The molecule has 0 radical (unpaired) electrons. The summed E-state index contributed by atoms with van der Waals surface area (Å²) in [5.41, 5.74) is 2.23. The molecule has 4 nitrogen and oxygen atoms in total. The number of hydrogen-bond donors (Lipinski definition) is 1. The van der Waals surface area contributed by atoms with E-state index in [9.17, 15) is 9.59 Å². The number of hydrogen-bond acceptors (Lipinski definition) is 3. The summed E-state index contributed by atoms with van der Waals surface area (Å²) in [6.07, 6.45) is 2.01. The van der Waals surface area contributed by atoms with Gasteiger partial charge in [-0.2, -0.15) is 0 Å². The normalized spacial score (nSPS) is 12.0. The molecule has 0 heterocycles. The largest absolute Gasteiger partial charge is 0.449 e. The predicted octanol–water partition coefficient (Wildman–Crippen LogP) is 4.23. The van der Waals surface area contributed by atoms with Gasteiger partial charge in [-0.1, -0.05) is 48.0 Å². The van der Waals surface area contributed by atoms with Gasteiger partial charge in [0.25, 0.3) is 5.91 Å². The molecule has 0 aromatic heterocycles. The van der Waals surface area contributed by atoms with E-state index in [4.69, 9.17) is 16.3 Å². The van der Waals surface area contributed by atoms with Gasteiger partial charge >= 0.3 is 5.97 Å². The fourth-order valence-electron chi connectivity index (χ4n) is 1.97. The molecule has 1 amide bonds. The maximum atomic E-state index is 12.1. The number of rotatable bonds is 5. The third kappa shape index (κ3) is 4.96. The summed E-state index contributed by atoms with van der Waals surface area (Å²) in [5, 5.41) is 3.26. The molecule has 0 aliphatic rings. The Kier molecular flexibility index (Phi) is 6.15. The van der Waals surface area contributed by atoms with Crippen molar-refractivity contribution in [1.29, 1.82) is 0 Å². The molecule has 0 spiro atoms. The highest BCUT2D eigenvalue weighted by atomic mass is 35.5. The number of nitrogens with one attached hydrogen (secondary N) is 1. The number of carbonyl (C=O) groups excluding carboxylic acids is 2. The van der Waals surface area contributed by atoms with E-state index in [1.54, 1.807) is 31.2 Å². The lowest BCUT2D eigenvalue weighted by Crippen LogP contribution is -2.29. The number of esters is 1. The van der Waals surface area contributed by atoms with Crippen LogP contribution in [0, 0.1) is 6.92 Å². The van der Waals surface area contributed by atoms with Gasteiger partial charge in [0.2, 0.25) is 0 Å². The Bertz CT molecular complexity index is 756. The summed E-state index contributed by atoms with van der Waals surface area (Å²) in [4.78, 5) is 23.9. The molecule has 0 bridgehead atoms. The Morgan fingerprint density at radius 2 is 1.83 bits per heavy atom. The molecule has 0 saturated heterocycles. The highest BCUT2D eigenvalue weighted by molar-refractivity contribution is 6.31. The van der Waals surface area contributed by atoms with Gasteiger partial charge < -0.3 is 10.1 Å². The van der Waals surface area contributed by atoms with Gasteiger partial charge in [-0.25, -0.2) is 4.79 Å². The standard InChI is InChI=1S/C19H18ClNO3/c1-13-16(20)9-6-10-17(13)21-19(23)14(2)24-18(22)12-11-15-7-4-3-5-8-15/h3-12,14H,1-2H3,(H,21,23)/b12-11+/t14-/m1/s1. The predicted molar refractivity (Wildman–Crippen MR) is 95.8 cm³/mol. The fourth-order valence-corrected chi connectivity index (χ4v) is 2.15. The first-order valence-electron chi connectivity index (χ1n) is 7.47. The van der Waals surface area contributed by atoms with E-state index in [0.29, 0.717) is 10.7 Å². The lowest BCUT2D eigenvalue weighted by Gasteiger charge is -2.14. The molecule has 124 valence electrons.